The van der Waals surface area contributed by atoms with Crippen molar-refractivity contribution in [2.45, 2.75) is 12.5 Å². The number of carboxylic acid groups (broad SMARTS) is 4. The van der Waals surface area contributed by atoms with Crippen LogP contribution >= 0.6 is 11.6 Å². The second-order valence-corrected chi connectivity index (χ2v) is 10.5. The molecule has 274 valence electrons. The molecule has 0 spiro atoms. The highest BCUT2D eigenvalue weighted by atomic mass is 35.5. The zero-order valence-corrected chi connectivity index (χ0v) is 27.8. The second-order valence-electron chi connectivity index (χ2n) is 10.1. The molecule has 1 amide bonds. The van der Waals surface area contributed by atoms with Crippen LogP contribution in [0.15, 0.2) is 73.1 Å². The SMILES string of the molecule is CN(C)C/C=C/C(=O)Nc1cc2c(Nc3ccc(F)c(Cl)c3)ncnc2cc1O[C@H]1CCOC1.O.O=C(O)/C=C\C(=O)O.O=C(O)/C=C\C(=O)O. The van der Waals surface area contributed by atoms with Crippen LogP contribution in [0.25, 0.3) is 10.9 Å². The molecule has 2 heterocycles. The highest BCUT2D eigenvalue weighted by molar-refractivity contribution is 6.31. The van der Waals surface area contributed by atoms with Gasteiger partial charge < -0.3 is 50.9 Å². The lowest BCUT2D eigenvalue weighted by Gasteiger charge is -2.17. The lowest BCUT2D eigenvalue weighted by Crippen LogP contribution is -2.18. The summed E-state index contributed by atoms with van der Waals surface area (Å²) in [4.78, 5) is 61.4. The third-order valence-electron chi connectivity index (χ3n) is 5.84. The molecule has 1 atom stereocenters. The maximum Gasteiger partial charge on any atom is 0.328 e. The van der Waals surface area contributed by atoms with Crippen LogP contribution in [0, 0.1) is 5.82 Å². The van der Waals surface area contributed by atoms with Crippen molar-refractivity contribution in [1.82, 2.24) is 14.9 Å². The zero-order chi connectivity index (χ0) is 37.2. The average molecular weight is 736 g/mol. The van der Waals surface area contributed by atoms with Crippen LogP contribution in [0.1, 0.15) is 6.42 Å². The summed E-state index contributed by atoms with van der Waals surface area (Å²) in [7, 11) is 3.84. The van der Waals surface area contributed by atoms with Crippen LogP contribution in [0.3, 0.4) is 0 Å². The lowest BCUT2D eigenvalue weighted by molar-refractivity contribution is -0.134. The molecule has 51 heavy (non-hydrogen) atoms. The van der Waals surface area contributed by atoms with Crippen LogP contribution in [-0.4, -0.2) is 111 Å². The molecule has 1 saturated heterocycles. The number of anilines is 3. The number of nitrogens with zero attached hydrogens (tertiary/aromatic N) is 3. The van der Waals surface area contributed by atoms with Gasteiger partial charge in [0.1, 0.15) is 29.8 Å². The van der Waals surface area contributed by atoms with E-state index in [9.17, 15) is 28.4 Å². The topological polar surface area (TPSA) is 269 Å². The molecule has 0 radical (unpaired) electrons. The van der Waals surface area contributed by atoms with Crippen molar-refractivity contribution in [3.63, 3.8) is 0 Å². The van der Waals surface area contributed by atoms with E-state index < -0.39 is 29.7 Å². The summed E-state index contributed by atoms with van der Waals surface area (Å²) in [6.45, 7) is 1.75. The number of benzene rings is 2. The monoisotopic (exact) mass is 735 g/mol. The molecule has 17 nitrogen and oxygen atoms in total. The van der Waals surface area contributed by atoms with Gasteiger partial charge in [-0.25, -0.2) is 33.5 Å². The minimum Gasteiger partial charge on any atom is -0.486 e. The van der Waals surface area contributed by atoms with Gasteiger partial charge in [-0.3, -0.25) is 4.79 Å². The third-order valence-corrected chi connectivity index (χ3v) is 6.12. The Morgan fingerprint density at radius 2 is 1.57 bits per heavy atom. The van der Waals surface area contributed by atoms with Gasteiger partial charge in [0.15, 0.2) is 0 Å². The molecule has 1 aliphatic heterocycles. The van der Waals surface area contributed by atoms with E-state index in [1.54, 1.807) is 24.3 Å². The maximum absolute atomic E-state index is 13.6. The number of rotatable bonds is 12. The van der Waals surface area contributed by atoms with E-state index in [4.69, 9.17) is 41.5 Å². The Morgan fingerprint density at radius 1 is 0.961 bits per heavy atom. The summed E-state index contributed by atoms with van der Waals surface area (Å²) in [5.41, 5.74) is 1.65. The molecule has 0 unspecified atom stereocenters. The number of aromatic nitrogens is 2. The number of carboxylic acids is 4. The Balaban J connectivity index is 0.000000638. The number of hydrogen-bond donors (Lipinski definition) is 6. The Morgan fingerprint density at radius 3 is 2.08 bits per heavy atom. The van der Waals surface area contributed by atoms with Gasteiger partial charge in [0.25, 0.3) is 0 Å². The van der Waals surface area contributed by atoms with Crippen LogP contribution in [0.5, 0.6) is 5.75 Å². The summed E-state index contributed by atoms with van der Waals surface area (Å²) < 4.78 is 25.1. The van der Waals surface area contributed by atoms with Gasteiger partial charge in [-0.1, -0.05) is 17.7 Å². The fraction of sp³-hybridized carbons (Fsp3) is 0.219. The predicted octanol–water partition coefficient (Wildman–Crippen LogP) is 2.99. The first-order valence-corrected chi connectivity index (χ1v) is 14.7. The van der Waals surface area contributed by atoms with Gasteiger partial charge in [0.2, 0.25) is 5.91 Å². The number of carbonyl (C=O) groups excluding carboxylic acids is 1. The predicted molar refractivity (Wildman–Crippen MR) is 183 cm³/mol. The van der Waals surface area contributed by atoms with E-state index in [0.29, 0.717) is 77.9 Å². The molecule has 8 N–H and O–H groups in total. The first-order valence-electron chi connectivity index (χ1n) is 14.3. The fourth-order valence-corrected chi connectivity index (χ4v) is 3.89. The molecular weight excluding hydrogens is 701 g/mol. The van der Waals surface area contributed by atoms with Gasteiger partial charge in [-0.05, 0) is 38.4 Å². The number of nitrogens with one attached hydrogen (secondary N) is 2. The summed E-state index contributed by atoms with van der Waals surface area (Å²) in [6, 6.07) is 7.82. The minimum atomic E-state index is -1.26. The van der Waals surface area contributed by atoms with Gasteiger partial charge in [0.05, 0.1) is 29.4 Å². The van der Waals surface area contributed by atoms with Crippen molar-refractivity contribution in [3.8, 4) is 5.75 Å². The minimum absolute atomic E-state index is 0. The van der Waals surface area contributed by atoms with Crippen molar-refractivity contribution >= 4 is 69.5 Å². The van der Waals surface area contributed by atoms with E-state index >= 15 is 0 Å². The molecule has 3 aromatic rings. The normalized spacial score (nSPS) is 13.5. The number of carbonyl (C=O) groups is 5. The third kappa shape index (κ3) is 16.8. The molecule has 0 saturated carbocycles. The standard InChI is InChI=1S/C24H25ClFN5O3.2C4H4O4.H2O/c1-31(2)8-3-4-23(32)30-21-11-17-20(12-22(21)34-16-7-9-33-13-16)27-14-28-24(17)29-15-5-6-19(26)18(25)10-15;2*5-3(6)1-2-4(7)8;/h3-6,10-12,14,16H,7-9,13H2,1-2H3,(H,30,32)(H,27,28,29);2*1-2H,(H,5,6)(H,7,8);1H2/b4-3+;2*2-1-;/t16-;;;/m0.../s1. The first kappa shape index (κ1) is 43.1. The smallest absolute Gasteiger partial charge is 0.328 e. The van der Waals surface area contributed by atoms with Crippen molar-refractivity contribution < 1.29 is 63.7 Å². The van der Waals surface area contributed by atoms with Gasteiger partial charge >= 0.3 is 23.9 Å². The zero-order valence-electron chi connectivity index (χ0n) is 27.1. The highest BCUT2D eigenvalue weighted by Gasteiger charge is 2.21. The van der Waals surface area contributed by atoms with Crippen molar-refractivity contribution in [1.29, 1.82) is 0 Å². The lowest BCUT2D eigenvalue weighted by atomic mass is 10.1. The van der Waals surface area contributed by atoms with Crippen LogP contribution in [0.2, 0.25) is 5.02 Å². The van der Waals surface area contributed by atoms with Crippen molar-refractivity contribution in [3.05, 3.63) is 84.0 Å². The first-order chi connectivity index (χ1) is 23.6. The highest BCUT2D eigenvalue weighted by Crippen LogP contribution is 2.35. The van der Waals surface area contributed by atoms with E-state index in [-0.39, 0.29) is 22.5 Å². The second kappa shape index (κ2) is 21.9. The average Bonchev–Trinajstić information content (AvgIpc) is 3.55. The number of halogens is 2. The summed E-state index contributed by atoms with van der Waals surface area (Å²) >= 11 is 5.91. The Labute approximate surface area is 294 Å². The molecule has 1 aliphatic rings. The van der Waals surface area contributed by atoms with Crippen LogP contribution < -0.4 is 15.4 Å². The van der Waals surface area contributed by atoms with Crippen LogP contribution in [0.4, 0.5) is 21.6 Å². The summed E-state index contributed by atoms with van der Waals surface area (Å²) in [5.74, 6) is -4.86. The molecule has 1 fully saturated rings. The molecule has 2 aromatic carbocycles. The number of amides is 1. The largest absolute Gasteiger partial charge is 0.486 e. The maximum atomic E-state index is 13.6. The van der Waals surface area contributed by atoms with E-state index in [1.165, 1.54) is 24.5 Å². The van der Waals surface area contributed by atoms with E-state index in [1.807, 2.05) is 19.0 Å². The van der Waals surface area contributed by atoms with Gasteiger partial charge in [0, 0.05) is 60.5 Å². The van der Waals surface area contributed by atoms with Crippen molar-refractivity contribution in [2.24, 2.45) is 0 Å². The molecule has 1 aromatic heterocycles. The van der Waals surface area contributed by atoms with E-state index in [0.717, 1.165) is 6.42 Å². The van der Waals surface area contributed by atoms with Crippen LogP contribution in [-0.2, 0) is 28.7 Å². The van der Waals surface area contributed by atoms with Gasteiger partial charge in [-0.15, -0.1) is 0 Å². The van der Waals surface area contributed by atoms with E-state index in [2.05, 4.69) is 20.6 Å². The van der Waals surface area contributed by atoms with Gasteiger partial charge in [-0.2, -0.15) is 0 Å². The summed E-state index contributed by atoms with van der Waals surface area (Å²) in [6.07, 6.45) is 7.55. The molecule has 0 aliphatic carbocycles. The number of aliphatic carboxylic acids is 4. The Bertz CT molecular complexity index is 1710. The number of hydrogen-bond acceptors (Lipinski definition) is 11. The Kier molecular flexibility index (Phi) is 18.5. The number of ether oxygens (including phenoxy) is 2. The molecule has 19 heteroatoms. The molecule has 4 rings (SSSR count). The Hall–Kier alpha value is -5.95. The number of likely N-dealkylation sites (N-methyl/N-ethyl adjacent to an activating group) is 1. The fourth-order valence-electron chi connectivity index (χ4n) is 3.70. The quantitative estimate of drug-likeness (QED) is 0.146. The molecular formula is C32H35ClFN5O12. The number of fused-ring (bicyclic) bond motifs is 1. The summed E-state index contributed by atoms with van der Waals surface area (Å²) in [5, 5.41) is 37.9. The van der Waals surface area contributed by atoms with Crippen molar-refractivity contribution in [2.75, 3.05) is 44.5 Å². The molecule has 0 bridgehead atoms.